The number of rotatable bonds is 15. The van der Waals surface area contributed by atoms with Crippen molar-refractivity contribution in [2.75, 3.05) is 26.9 Å². The second-order valence-electron chi connectivity index (χ2n) is 8.71. The van der Waals surface area contributed by atoms with Crippen LogP contribution in [-0.4, -0.2) is 66.7 Å². The summed E-state index contributed by atoms with van der Waals surface area (Å²) < 4.78 is 11.1. The first-order chi connectivity index (χ1) is 16.9. The van der Waals surface area contributed by atoms with Crippen molar-refractivity contribution in [3.05, 3.63) is 61.2 Å². The zero-order valence-electron chi connectivity index (χ0n) is 20.6. The third-order valence-corrected chi connectivity index (χ3v) is 6.13. The number of aliphatic hydroxyl groups is 1. The molecular weight excluding hydrogens is 448 g/mol. The van der Waals surface area contributed by atoms with Gasteiger partial charge in [0.1, 0.15) is 6.10 Å². The van der Waals surface area contributed by atoms with Crippen LogP contribution in [0.5, 0.6) is 0 Å². The molecule has 1 aromatic rings. The standard InChI is InChI=1S/C27H38N2O6/c1-4-6-15-25(32)35-26(20-12-8-7-9-13-20)23(19-34-3)28-27(33)21(11-5-2)17-24(31)29-16-10-14-22(29)18-30/h4-5,7-9,12-13,21-23,26,30H,1-2,6,10-11,14-19H2,3H3,(H,28,33). The number of hydrogen-bond donors (Lipinski definition) is 2. The van der Waals surface area contributed by atoms with Gasteiger partial charge in [-0.05, 0) is 31.2 Å². The lowest BCUT2D eigenvalue weighted by Crippen LogP contribution is -2.47. The van der Waals surface area contributed by atoms with Gasteiger partial charge in [0.2, 0.25) is 11.8 Å². The second-order valence-corrected chi connectivity index (χ2v) is 8.71. The highest BCUT2D eigenvalue weighted by Crippen LogP contribution is 2.25. The molecule has 0 spiro atoms. The van der Waals surface area contributed by atoms with Crippen LogP contribution in [0.1, 0.15) is 50.2 Å². The third kappa shape index (κ3) is 8.64. The first-order valence-corrected chi connectivity index (χ1v) is 12.1. The molecule has 1 heterocycles. The van der Waals surface area contributed by atoms with Crippen molar-refractivity contribution in [2.45, 2.75) is 56.7 Å². The van der Waals surface area contributed by atoms with E-state index < -0.39 is 24.0 Å². The Hall–Kier alpha value is -2.97. The van der Waals surface area contributed by atoms with E-state index in [2.05, 4.69) is 18.5 Å². The molecule has 2 amide bonds. The van der Waals surface area contributed by atoms with Gasteiger partial charge < -0.3 is 24.8 Å². The van der Waals surface area contributed by atoms with Crippen molar-refractivity contribution in [1.29, 1.82) is 0 Å². The summed E-state index contributed by atoms with van der Waals surface area (Å²) in [5, 5.41) is 12.5. The summed E-state index contributed by atoms with van der Waals surface area (Å²) in [5.74, 6) is -1.56. The Morgan fingerprint density at radius 2 is 1.97 bits per heavy atom. The highest BCUT2D eigenvalue weighted by Gasteiger charge is 2.34. The second kappa shape index (κ2) is 15.1. The predicted octanol–water partition coefficient (Wildman–Crippen LogP) is 2.93. The Balaban J connectivity index is 2.19. The van der Waals surface area contributed by atoms with Crippen LogP contribution in [0.15, 0.2) is 55.6 Å². The number of nitrogens with one attached hydrogen (secondary N) is 1. The minimum atomic E-state index is -0.769. The van der Waals surface area contributed by atoms with Crippen LogP contribution in [0.3, 0.4) is 0 Å². The van der Waals surface area contributed by atoms with Gasteiger partial charge in [-0.15, -0.1) is 13.2 Å². The summed E-state index contributed by atoms with van der Waals surface area (Å²) in [7, 11) is 1.51. The molecule has 0 aromatic heterocycles. The number of methoxy groups -OCH3 is 1. The van der Waals surface area contributed by atoms with Gasteiger partial charge in [-0.25, -0.2) is 0 Å². The van der Waals surface area contributed by atoms with E-state index in [1.54, 1.807) is 17.1 Å². The highest BCUT2D eigenvalue weighted by atomic mass is 16.5. The Morgan fingerprint density at radius 1 is 1.23 bits per heavy atom. The first-order valence-electron chi connectivity index (χ1n) is 12.1. The van der Waals surface area contributed by atoms with Crippen LogP contribution in [-0.2, 0) is 23.9 Å². The van der Waals surface area contributed by atoms with Crippen LogP contribution in [0.4, 0.5) is 0 Å². The fourth-order valence-corrected chi connectivity index (χ4v) is 4.30. The van der Waals surface area contributed by atoms with Gasteiger partial charge in [-0.2, -0.15) is 0 Å². The van der Waals surface area contributed by atoms with E-state index in [1.807, 2.05) is 30.3 Å². The quantitative estimate of drug-likeness (QED) is 0.292. The van der Waals surface area contributed by atoms with Gasteiger partial charge >= 0.3 is 5.97 Å². The number of hydrogen-bond acceptors (Lipinski definition) is 6. The van der Waals surface area contributed by atoms with Gasteiger partial charge in [-0.3, -0.25) is 14.4 Å². The highest BCUT2D eigenvalue weighted by molar-refractivity contribution is 5.86. The lowest BCUT2D eigenvalue weighted by Gasteiger charge is -2.30. The zero-order valence-corrected chi connectivity index (χ0v) is 20.6. The average Bonchev–Trinajstić information content (AvgIpc) is 3.35. The van der Waals surface area contributed by atoms with Crippen molar-refractivity contribution in [1.82, 2.24) is 10.2 Å². The summed E-state index contributed by atoms with van der Waals surface area (Å²) in [6.45, 7) is 7.97. The van der Waals surface area contributed by atoms with Crippen molar-refractivity contribution < 1.29 is 29.0 Å². The van der Waals surface area contributed by atoms with Crippen molar-refractivity contribution in [3.63, 3.8) is 0 Å². The maximum absolute atomic E-state index is 13.3. The number of esters is 1. The smallest absolute Gasteiger partial charge is 0.306 e. The number of nitrogens with zero attached hydrogens (tertiary/aromatic N) is 1. The lowest BCUT2D eigenvalue weighted by molar-refractivity contribution is -0.153. The van der Waals surface area contributed by atoms with Crippen LogP contribution in [0.2, 0.25) is 0 Å². The maximum Gasteiger partial charge on any atom is 0.306 e. The van der Waals surface area contributed by atoms with E-state index in [0.717, 1.165) is 18.4 Å². The van der Waals surface area contributed by atoms with Crippen molar-refractivity contribution in [2.24, 2.45) is 5.92 Å². The number of likely N-dealkylation sites (tertiary alicyclic amines) is 1. The molecule has 8 nitrogen and oxygen atoms in total. The fraction of sp³-hybridized carbons (Fsp3) is 0.519. The molecule has 35 heavy (non-hydrogen) atoms. The maximum atomic E-state index is 13.3. The fourth-order valence-electron chi connectivity index (χ4n) is 4.30. The summed E-state index contributed by atoms with van der Waals surface area (Å²) in [5.41, 5.74) is 0.723. The molecule has 1 aliphatic heterocycles. The summed E-state index contributed by atoms with van der Waals surface area (Å²) in [4.78, 5) is 40.4. The molecule has 192 valence electrons. The number of amides is 2. The van der Waals surface area contributed by atoms with E-state index in [4.69, 9.17) is 9.47 Å². The van der Waals surface area contributed by atoms with Crippen LogP contribution < -0.4 is 5.32 Å². The molecule has 0 bridgehead atoms. The molecular formula is C27H38N2O6. The SMILES string of the molecule is C=CCCC(=O)OC(c1ccccc1)C(COC)NC(=O)C(CC=C)CC(=O)N1CCCC1CO. The molecule has 1 aliphatic rings. The number of allylic oxidation sites excluding steroid dienone is 2. The molecule has 2 N–H and O–H groups in total. The van der Waals surface area contributed by atoms with Gasteiger partial charge in [0.05, 0.1) is 31.2 Å². The van der Waals surface area contributed by atoms with E-state index >= 15 is 0 Å². The summed E-state index contributed by atoms with van der Waals surface area (Å²) >= 11 is 0. The average molecular weight is 487 g/mol. The normalized spacial score (nSPS) is 17.8. The Kier molecular flexibility index (Phi) is 12.2. The topological polar surface area (TPSA) is 105 Å². The molecule has 1 aromatic carbocycles. The Morgan fingerprint density at radius 3 is 2.60 bits per heavy atom. The van der Waals surface area contributed by atoms with Gasteiger partial charge in [0.25, 0.3) is 0 Å². The molecule has 1 saturated heterocycles. The number of carbonyl (C=O) groups is 3. The van der Waals surface area contributed by atoms with Gasteiger partial charge in [0, 0.05) is 26.5 Å². The van der Waals surface area contributed by atoms with Gasteiger partial charge in [0.15, 0.2) is 0 Å². The van der Waals surface area contributed by atoms with Crippen molar-refractivity contribution in [3.8, 4) is 0 Å². The number of ether oxygens (including phenoxy) is 2. The van der Waals surface area contributed by atoms with E-state index in [1.165, 1.54) is 7.11 Å². The summed E-state index contributed by atoms with van der Waals surface area (Å²) in [6.07, 6.45) is 5.05. The van der Waals surface area contributed by atoms with Crippen LogP contribution in [0.25, 0.3) is 0 Å². The molecule has 2 rings (SSSR count). The minimum Gasteiger partial charge on any atom is -0.455 e. The number of benzene rings is 1. The third-order valence-electron chi connectivity index (χ3n) is 6.13. The number of carbonyl (C=O) groups excluding carboxylic acids is 3. The molecule has 0 aliphatic carbocycles. The van der Waals surface area contributed by atoms with E-state index in [-0.39, 0.29) is 43.9 Å². The molecule has 4 atom stereocenters. The number of aliphatic hydroxyl groups excluding tert-OH is 1. The van der Waals surface area contributed by atoms with E-state index in [0.29, 0.717) is 19.4 Å². The molecule has 0 radical (unpaired) electrons. The van der Waals surface area contributed by atoms with Crippen LogP contribution >= 0.6 is 0 Å². The molecule has 0 saturated carbocycles. The molecule has 1 fully saturated rings. The zero-order chi connectivity index (χ0) is 25.6. The Labute approximate surface area is 208 Å². The predicted molar refractivity (Wildman–Crippen MR) is 133 cm³/mol. The largest absolute Gasteiger partial charge is 0.455 e. The molecule has 4 unspecified atom stereocenters. The summed E-state index contributed by atoms with van der Waals surface area (Å²) in [6, 6.07) is 8.31. The van der Waals surface area contributed by atoms with E-state index in [9.17, 15) is 19.5 Å². The van der Waals surface area contributed by atoms with Gasteiger partial charge in [-0.1, -0.05) is 42.5 Å². The Bertz CT molecular complexity index is 843. The lowest BCUT2D eigenvalue weighted by atomic mass is 9.97. The first kappa shape index (κ1) is 28.3. The van der Waals surface area contributed by atoms with Crippen LogP contribution in [0, 0.1) is 5.92 Å². The molecule has 8 heteroatoms. The van der Waals surface area contributed by atoms with Crippen molar-refractivity contribution >= 4 is 17.8 Å². The minimum absolute atomic E-state index is 0.00316. The monoisotopic (exact) mass is 486 g/mol.